The largest absolute Gasteiger partial charge is 0.292 e. The van der Waals surface area contributed by atoms with Gasteiger partial charge in [0.1, 0.15) is 17.7 Å². The van der Waals surface area contributed by atoms with Gasteiger partial charge in [0.05, 0.1) is 12.2 Å². The monoisotopic (exact) mass is 119 g/mol. The van der Waals surface area contributed by atoms with Crippen LogP contribution in [-0.4, -0.2) is 5.78 Å². The number of Topliss-reactive ketones (excluding diaryl/α,β-unsaturated/α-hetero) is 1. The van der Waals surface area contributed by atoms with Crippen molar-refractivity contribution in [2.45, 2.75) is 6.92 Å². The average Bonchev–Trinajstić information content (AvgIpc) is 1.90. The number of hydrogen-bond donors (Lipinski definition) is 0. The average molecular weight is 119 g/mol. The maximum absolute atomic E-state index is 10.6. The molecular formula is C8H7O+. The summed E-state index contributed by atoms with van der Waals surface area (Å²) < 4.78 is 0. The fourth-order valence-electron chi connectivity index (χ4n) is 0.622. The zero-order valence-electron chi connectivity index (χ0n) is 5.22. The maximum Gasteiger partial charge on any atom is 0.186 e. The van der Waals surface area contributed by atoms with Crippen molar-refractivity contribution in [2.75, 3.05) is 0 Å². The van der Waals surface area contributed by atoms with E-state index in [1.54, 1.807) is 31.2 Å². The van der Waals surface area contributed by atoms with Crippen LogP contribution in [0.5, 0.6) is 0 Å². The van der Waals surface area contributed by atoms with Gasteiger partial charge in [-0.3, -0.25) is 4.79 Å². The van der Waals surface area contributed by atoms with Crippen molar-refractivity contribution in [3.63, 3.8) is 0 Å². The Hall–Kier alpha value is -1.20. The molecule has 0 aliphatic heterocycles. The Morgan fingerprint density at radius 2 is 2.44 bits per heavy atom. The second-order valence-electron chi connectivity index (χ2n) is 1.84. The van der Waals surface area contributed by atoms with E-state index in [9.17, 15) is 4.79 Å². The Morgan fingerprint density at radius 3 is 2.78 bits per heavy atom. The zero-order chi connectivity index (χ0) is 6.69. The molecule has 9 heavy (non-hydrogen) atoms. The molecule has 0 N–H and O–H groups in total. The van der Waals surface area contributed by atoms with Crippen LogP contribution < -0.4 is 0 Å². The molecule has 0 bridgehead atoms. The van der Waals surface area contributed by atoms with E-state index in [4.69, 9.17) is 0 Å². The Kier molecular flexibility index (Phi) is 1.57. The van der Waals surface area contributed by atoms with E-state index in [0.29, 0.717) is 0 Å². The minimum absolute atomic E-state index is 0.101. The summed E-state index contributed by atoms with van der Waals surface area (Å²) >= 11 is 0. The van der Waals surface area contributed by atoms with E-state index < -0.39 is 0 Å². The van der Waals surface area contributed by atoms with Crippen molar-refractivity contribution >= 4 is 5.78 Å². The van der Waals surface area contributed by atoms with Gasteiger partial charge in [-0.1, -0.05) is 0 Å². The minimum atomic E-state index is 0.101. The normalized spacial score (nSPS) is 14.6. The van der Waals surface area contributed by atoms with Gasteiger partial charge < -0.3 is 0 Å². The molecule has 0 fully saturated rings. The van der Waals surface area contributed by atoms with Crippen LogP contribution in [0.4, 0.5) is 0 Å². The molecule has 0 aromatic rings. The van der Waals surface area contributed by atoms with E-state index in [2.05, 4.69) is 6.08 Å². The van der Waals surface area contributed by atoms with Crippen LogP contribution in [0.25, 0.3) is 0 Å². The number of hydrogen-bond acceptors (Lipinski definition) is 1. The van der Waals surface area contributed by atoms with Crippen molar-refractivity contribution in [3.05, 3.63) is 36.0 Å². The zero-order valence-corrected chi connectivity index (χ0v) is 5.22. The molecule has 1 nitrogen and oxygen atoms in total. The molecular weight excluding hydrogens is 112 g/mol. The van der Waals surface area contributed by atoms with Crippen LogP contribution in [0.15, 0.2) is 29.9 Å². The third kappa shape index (κ3) is 1.34. The summed E-state index contributed by atoms with van der Waals surface area (Å²) in [7, 11) is 0. The molecule has 1 heteroatoms. The van der Waals surface area contributed by atoms with Gasteiger partial charge in [-0.15, -0.1) is 0 Å². The minimum Gasteiger partial charge on any atom is -0.292 e. The van der Waals surface area contributed by atoms with E-state index in [0.717, 1.165) is 5.57 Å². The number of carbonyl (C=O) groups is 1. The molecule has 0 heterocycles. The van der Waals surface area contributed by atoms with Crippen LogP contribution in [0.1, 0.15) is 6.92 Å². The third-order valence-electron chi connectivity index (χ3n) is 1.12. The van der Waals surface area contributed by atoms with E-state index in [1.807, 2.05) is 0 Å². The van der Waals surface area contributed by atoms with Gasteiger partial charge in [0.15, 0.2) is 5.78 Å². The van der Waals surface area contributed by atoms with Crippen LogP contribution in [0, 0.1) is 6.08 Å². The molecule has 0 unspecified atom stereocenters. The standard InChI is InChI=1S/C8H7O/c1-7(9)8-5-3-2-4-6-8/h3-6H,1H3/q+1. The summed E-state index contributed by atoms with van der Waals surface area (Å²) in [4.78, 5) is 10.6. The van der Waals surface area contributed by atoms with Gasteiger partial charge in [-0.05, 0) is 0 Å². The molecule has 0 aromatic heterocycles. The highest BCUT2D eigenvalue weighted by Gasteiger charge is 2.05. The second kappa shape index (κ2) is 2.38. The number of carbonyl (C=O) groups excluding carboxylic acids is 1. The van der Waals surface area contributed by atoms with Crippen molar-refractivity contribution in [3.8, 4) is 0 Å². The topological polar surface area (TPSA) is 17.1 Å². The number of allylic oxidation sites excluding steroid dienone is 6. The smallest absolute Gasteiger partial charge is 0.186 e. The van der Waals surface area contributed by atoms with Crippen LogP contribution in [0.3, 0.4) is 0 Å². The SMILES string of the molecule is CC(=O)C1=CC=[C+]C=C1. The Balaban J connectivity index is 2.84. The lowest BCUT2D eigenvalue weighted by molar-refractivity contribution is -0.113. The van der Waals surface area contributed by atoms with Crippen molar-refractivity contribution in [1.29, 1.82) is 0 Å². The number of ketones is 1. The molecule has 0 saturated carbocycles. The summed E-state index contributed by atoms with van der Waals surface area (Å²) in [5.41, 5.74) is 0.744. The van der Waals surface area contributed by atoms with Gasteiger partial charge in [-0.25, -0.2) is 0 Å². The predicted octanol–water partition coefficient (Wildman–Crippen LogP) is 1.43. The third-order valence-corrected chi connectivity index (χ3v) is 1.12. The molecule has 1 aliphatic carbocycles. The highest BCUT2D eigenvalue weighted by atomic mass is 16.1. The van der Waals surface area contributed by atoms with Gasteiger partial charge in [0, 0.05) is 13.0 Å². The van der Waals surface area contributed by atoms with Crippen molar-refractivity contribution in [2.24, 2.45) is 0 Å². The first-order valence-corrected chi connectivity index (χ1v) is 2.78. The van der Waals surface area contributed by atoms with Crippen LogP contribution in [-0.2, 0) is 4.79 Å². The first-order chi connectivity index (χ1) is 4.30. The molecule has 0 spiro atoms. The van der Waals surface area contributed by atoms with Gasteiger partial charge in [0.2, 0.25) is 0 Å². The summed E-state index contributed by atoms with van der Waals surface area (Å²) in [5.74, 6) is 0.101. The lowest BCUT2D eigenvalue weighted by Crippen LogP contribution is -1.93. The van der Waals surface area contributed by atoms with Crippen LogP contribution in [0.2, 0.25) is 0 Å². The predicted molar refractivity (Wildman–Crippen MR) is 35.7 cm³/mol. The van der Waals surface area contributed by atoms with Gasteiger partial charge in [-0.2, -0.15) is 0 Å². The molecule has 0 radical (unpaired) electrons. The first kappa shape index (κ1) is 5.93. The van der Waals surface area contributed by atoms with E-state index in [-0.39, 0.29) is 5.78 Å². The van der Waals surface area contributed by atoms with Crippen LogP contribution >= 0.6 is 0 Å². The van der Waals surface area contributed by atoms with E-state index in [1.165, 1.54) is 0 Å². The van der Waals surface area contributed by atoms with Gasteiger partial charge >= 0.3 is 0 Å². The fourth-order valence-corrected chi connectivity index (χ4v) is 0.622. The van der Waals surface area contributed by atoms with Crippen molar-refractivity contribution < 1.29 is 4.79 Å². The molecule has 1 rings (SSSR count). The number of rotatable bonds is 1. The van der Waals surface area contributed by atoms with Gasteiger partial charge in [0.25, 0.3) is 0 Å². The Labute approximate surface area is 54.4 Å². The van der Waals surface area contributed by atoms with Crippen molar-refractivity contribution in [1.82, 2.24) is 0 Å². The molecule has 0 aromatic carbocycles. The first-order valence-electron chi connectivity index (χ1n) is 2.78. The second-order valence-corrected chi connectivity index (χ2v) is 1.84. The highest BCUT2D eigenvalue weighted by molar-refractivity contribution is 5.96. The maximum atomic E-state index is 10.6. The molecule has 0 atom stereocenters. The summed E-state index contributed by atoms with van der Waals surface area (Å²) in [6, 6.07) is 0. The lowest BCUT2D eigenvalue weighted by Gasteiger charge is -1.85. The summed E-state index contributed by atoms with van der Waals surface area (Å²) in [6.07, 6.45) is 9.81. The lowest BCUT2D eigenvalue weighted by atomic mass is 10.1. The Bertz CT molecular complexity index is 207. The quantitative estimate of drug-likeness (QED) is 0.477. The Morgan fingerprint density at radius 1 is 1.67 bits per heavy atom. The highest BCUT2D eigenvalue weighted by Crippen LogP contribution is 2.02. The molecule has 44 valence electrons. The summed E-state index contributed by atoms with van der Waals surface area (Å²) in [5, 5.41) is 0. The van der Waals surface area contributed by atoms with E-state index >= 15 is 0 Å². The molecule has 0 saturated heterocycles. The molecule has 0 amide bonds. The molecule has 1 aliphatic rings. The fraction of sp³-hybridized carbons (Fsp3) is 0.125. The summed E-state index contributed by atoms with van der Waals surface area (Å²) in [6.45, 7) is 1.55.